The van der Waals surface area contributed by atoms with E-state index in [2.05, 4.69) is 102 Å². The van der Waals surface area contributed by atoms with Crippen molar-refractivity contribution >= 4 is 11.5 Å². The molecular weight excluding hydrogens is 366 g/mol. The first-order valence-corrected chi connectivity index (χ1v) is 11.0. The summed E-state index contributed by atoms with van der Waals surface area (Å²) in [6.07, 6.45) is 3.25. The Morgan fingerprint density at radius 2 is 1.50 bits per heavy atom. The minimum atomic E-state index is 0.165. The van der Waals surface area contributed by atoms with Crippen LogP contribution in [0.25, 0.3) is 0 Å². The quantitative estimate of drug-likeness (QED) is 0.494. The summed E-state index contributed by atoms with van der Waals surface area (Å²) in [7, 11) is 0. The number of hydrogen-bond acceptors (Lipinski definition) is 3. The van der Waals surface area contributed by atoms with Crippen LogP contribution >= 0.6 is 0 Å². The molecule has 1 aliphatic heterocycles. The van der Waals surface area contributed by atoms with Crippen molar-refractivity contribution in [3.05, 3.63) is 66.0 Å². The molecule has 0 spiro atoms. The number of aliphatic imine (C=N–C) groups is 1. The van der Waals surface area contributed by atoms with E-state index in [1.807, 2.05) is 26.0 Å². The highest BCUT2D eigenvalue weighted by molar-refractivity contribution is 5.97. The summed E-state index contributed by atoms with van der Waals surface area (Å²) in [6, 6.07) is 8.21. The average molecular weight is 412 g/mol. The third kappa shape index (κ3) is 12.3. The van der Waals surface area contributed by atoms with Crippen molar-refractivity contribution in [3.8, 4) is 0 Å². The largest absolute Gasteiger partial charge is 0.342 e. The van der Waals surface area contributed by atoms with Crippen LogP contribution in [0.15, 0.2) is 65.5 Å². The Bertz CT molecular complexity index is 736. The summed E-state index contributed by atoms with van der Waals surface area (Å²) in [6.45, 7) is 30.0. The number of anilines is 1. The van der Waals surface area contributed by atoms with Crippen LogP contribution in [0.1, 0.15) is 74.3 Å². The fraction of sp³-hybridized carbons (Fsp3) is 0.519. The number of allylic oxidation sites excluding steroid dienone is 1. The number of nitrogens with zero attached hydrogens (tertiary/aromatic N) is 1. The van der Waals surface area contributed by atoms with Gasteiger partial charge in [-0.2, -0.15) is 0 Å². The fourth-order valence-electron chi connectivity index (χ4n) is 2.86. The van der Waals surface area contributed by atoms with Crippen molar-refractivity contribution in [2.75, 3.05) is 11.9 Å². The summed E-state index contributed by atoms with van der Waals surface area (Å²) in [5, 5.41) is 6.45. The van der Waals surface area contributed by atoms with Gasteiger partial charge in [0.05, 0.1) is 6.54 Å². The van der Waals surface area contributed by atoms with Crippen LogP contribution in [0.5, 0.6) is 0 Å². The molecule has 2 rings (SSSR count). The van der Waals surface area contributed by atoms with E-state index in [9.17, 15) is 0 Å². The van der Waals surface area contributed by atoms with Gasteiger partial charge in [-0.1, -0.05) is 85.2 Å². The predicted octanol–water partition coefficient (Wildman–Crippen LogP) is 7.88. The minimum absolute atomic E-state index is 0.165. The van der Waals surface area contributed by atoms with Crippen LogP contribution in [-0.4, -0.2) is 12.4 Å². The lowest BCUT2D eigenvalue weighted by atomic mass is 9.87. The van der Waals surface area contributed by atoms with E-state index in [-0.39, 0.29) is 5.41 Å². The van der Waals surface area contributed by atoms with Gasteiger partial charge in [-0.15, -0.1) is 6.58 Å². The van der Waals surface area contributed by atoms with Crippen molar-refractivity contribution in [3.63, 3.8) is 0 Å². The molecular formula is C27H45N3. The Morgan fingerprint density at radius 3 is 1.87 bits per heavy atom. The first-order valence-electron chi connectivity index (χ1n) is 11.0. The van der Waals surface area contributed by atoms with Gasteiger partial charge in [-0.05, 0) is 54.9 Å². The van der Waals surface area contributed by atoms with Crippen LogP contribution in [0.3, 0.4) is 0 Å². The Labute approximate surface area is 186 Å². The van der Waals surface area contributed by atoms with Crippen LogP contribution in [0.2, 0.25) is 0 Å². The maximum absolute atomic E-state index is 4.49. The van der Waals surface area contributed by atoms with Gasteiger partial charge >= 0.3 is 0 Å². The first kappa shape index (κ1) is 27.7. The lowest BCUT2D eigenvalue weighted by molar-refractivity contribution is 0.410. The second-order valence-corrected chi connectivity index (χ2v) is 9.91. The van der Waals surface area contributed by atoms with Gasteiger partial charge in [0, 0.05) is 5.69 Å². The van der Waals surface area contributed by atoms with Crippen LogP contribution < -0.4 is 10.6 Å². The topological polar surface area (TPSA) is 36.4 Å². The molecule has 0 atom stereocenters. The number of aryl methyl sites for hydroxylation is 1. The standard InChI is InChI=1S/C17H23N3.C8H16.C2H6/c1-12-6-8-15(9-7-12)19-13(2)20-16-10-14(11-18-16)17(3,4)5;1-7(2)6-8(3,4)5;1-2/h6-10,19H,2,11H2,1,3-5H3,(H,18,20);1,6H2,2-5H3;1-2H3. The SMILES string of the molecule is C=C(C)CC(C)(C)C.C=C(NC1=NCC(C(C)(C)C)=C1)Nc1ccc(C)cc1.CC. The highest BCUT2D eigenvalue weighted by Crippen LogP contribution is 2.27. The van der Waals surface area contributed by atoms with Crippen molar-refractivity contribution in [2.24, 2.45) is 15.8 Å². The molecule has 0 amide bonds. The molecule has 3 nitrogen and oxygen atoms in total. The number of amidine groups is 1. The van der Waals surface area contributed by atoms with E-state index >= 15 is 0 Å². The third-order valence-electron chi connectivity index (χ3n) is 4.15. The van der Waals surface area contributed by atoms with Crippen molar-refractivity contribution in [1.82, 2.24) is 5.32 Å². The van der Waals surface area contributed by atoms with Gasteiger partial charge in [0.15, 0.2) is 0 Å². The molecule has 0 aliphatic carbocycles. The Balaban J connectivity index is 0.000000712. The highest BCUT2D eigenvalue weighted by atomic mass is 15.1. The molecule has 1 heterocycles. The van der Waals surface area contributed by atoms with E-state index in [1.165, 1.54) is 16.7 Å². The summed E-state index contributed by atoms with van der Waals surface area (Å²) in [5.41, 5.74) is 5.46. The van der Waals surface area contributed by atoms with E-state index < -0.39 is 0 Å². The molecule has 0 radical (unpaired) electrons. The molecule has 0 saturated heterocycles. The molecule has 168 valence electrons. The summed E-state index contributed by atoms with van der Waals surface area (Å²) in [5.74, 6) is 1.61. The molecule has 0 bridgehead atoms. The molecule has 0 unspecified atom stereocenters. The highest BCUT2D eigenvalue weighted by Gasteiger charge is 2.20. The van der Waals surface area contributed by atoms with E-state index in [0.717, 1.165) is 30.3 Å². The molecule has 3 heteroatoms. The predicted molar refractivity (Wildman–Crippen MR) is 137 cm³/mol. The minimum Gasteiger partial charge on any atom is -0.342 e. The van der Waals surface area contributed by atoms with Crippen LogP contribution in [0, 0.1) is 17.8 Å². The Morgan fingerprint density at radius 1 is 0.967 bits per heavy atom. The first-order chi connectivity index (χ1) is 13.8. The van der Waals surface area contributed by atoms with Crippen molar-refractivity contribution < 1.29 is 0 Å². The second kappa shape index (κ2) is 12.4. The fourth-order valence-corrected chi connectivity index (χ4v) is 2.86. The molecule has 2 N–H and O–H groups in total. The van der Waals surface area contributed by atoms with Crippen LogP contribution in [0.4, 0.5) is 5.69 Å². The summed E-state index contributed by atoms with van der Waals surface area (Å²) < 4.78 is 0. The van der Waals surface area contributed by atoms with Crippen molar-refractivity contribution in [2.45, 2.75) is 75.7 Å². The zero-order valence-electron chi connectivity index (χ0n) is 21.2. The Hall–Kier alpha value is -2.29. The van der Waals surface area contributed by atoms with E-state index in [1.54, 1.807) is 0 Å². The molecule has 1 aromatic rings. The molecule has 1 aliphatic rings. The number of nitrogens with one attached hydrogen (secondary N) is 2. The van der Waals surface area contributed by atoms with Gasteiger partial charge in [-0.25, -0.2) is 0 Å². The normalized spacial score (nSPS) is 13.0. The van der Waals surface area contributed by atoms with Gasteiger partial charge in [-0.3, -0.25) is 4.99 Å². The third-order valence-corrected chi connectivity index (χ3v) is 4.15. The van der Waals surface area contributed by atoms with E-state index in [4.69, 9.17) is 0 Å². The van der Waals surface area contributed by atoms with Gasteiger partial charge in [0.2, 0.25) is 0 Å². The Kier molecular flexibility index (Phi) is 11.5. The van der Waals surface area contributed by atoms with Crippen molar-refractivity contribution in [1.29, 1.82) is 0 Å². The maximum Gasteiger partial charge on any atom is 0.126 e. The molecule has 0 saturated carbocycles. The average Bonchev–Trinajstić information content (AvgIpc) is 3.06. The van der Waals surface area contributed by atoms with Gasteiger partial charge < -0.3 is 10.6 Å². The number of benzene rings is 1. The monoisotopic (exact) mass is 411 g/mol. The summed E-state index contributed by atoms with van der Waals surface area (Å²) >= 11 is 0. The molecule has 30 heavy (non-hydrogen) atoms. The van der Waals surface area contributed by atoms with Gasteiger partial charge in [0.1, 0.15) is 11.7 Å². The molecule has 0 aromatic heterocycles. The lowest BCUT2D eigenvalue weighted by Crippen LogP contribution is -2.24. The summed E-state index contributed by atoms with van der Waals surface area (Å²) in [4.78, 5) is 4.49. The molecule has 1 aromatic carbocycles. The van der Waals surface area contributed by atoms with Gasteiger partial charge in [0.25, 0.3) is 0 Å². The second-order valence-electron chi connectivity index (χ2n) is 9.91. The number of rotatable bonds is 4. The molecule has 0 fully saturated rings. The zero-order valence-corrected chi connectivity index (χ0v) is 21.2. The number of hydrogen-bond donors (Lipinski definition) is 2. The van der Waals surface area contributed by atoms with E-state index in [0.29, 0.717) is 5.41 Å². The zero-order chi connectivity index (χ0) is 23.5. The smallest absolute Gasteiger partial charge is 0.126 e. The lowest BCUT2D eigenvalue weighted by Gasteiger charge is -2.18. The maximum atomic E-state index is 4.49. The van der Waals surface area contributed by atoms with Crippen LogP contribution in [-0.2, 0) is 0 Å².